The number of carbonyl (C=O) groups is 1. The van der Waals surface area contributed by atoms with Gasteiger partial charge in [0.25, 0.3) is 5.91 Å². The van der Waals surface area contributed by atoms with E-state index in [0.717, 1.165) is 49.8 Å². The summed E-state index contributed by atoms with van der Waals surface area (Å²) in [7, 11) is 5.50. The number of aromatic nitrogens is 1. The van der Waals surface area contributed by atoms with E-state index in [1.54, 1.807) is 19.3 Å². The smallest absolute Gasteiger partial charge is 0.269 e. The Bertz CT molecular complexity index is 769. The van der Waals surface area contributed by atoms with Gasteiger partial charge in [-0.15, -0.1) is 0 Å². The van der Waals surface area contributed by atoms with Crippen molar-refractivity contribution in [2.45, 2.75) is 6.54 Å². The van der Waals surface area contributed by atoms with Crippen LogP contribution in [0.1, 0.15) is 16.1 Å². The Morgan fingerprint density at radius 2 is 1.74 bits per heavy atom. The predicted octanol–water partition coefficient (Wildman–Crippen LogP) is 1.85. The monoisotopic (exact) mass is 368 g/mol. The van der Waals surface area contributed by atoms with Crippen LogP contribution in [0.5, 0.6) is 0 Å². The number of rotatable bonds is 6. The van der Waals surface area contributed by atoms with Gasteiger partial charge in [-0.05, 0) is 29.8 Å². The zero-order valence-electron chi connectivity index (χ0n) is 16.2. The van der Waals surface area contributed by atoms with Crippen molar-refractivity contribution in [1.82, 2.24) is 15.2 Å². The summed E-state index contributed by atoms with van der Waals surface area (Å²) in [6.07, 6.45) is 1.79. The molecule has 1 saturated heterocycles. The van der Waals surface area contributed by atoms with Crippen molar-refractivity contribution >= 4 is 23.0 Å². The molecule has 3 rings (SSSR count). The summed E-state index contributed by atoms with van der Waals surface area (Å²) >= 11 is 0. The fraction of sp³-hybridized carbons (Fsp3) is 0.400. The van der Waals surface area contributed by atoms with Crippen LogP contribution >= 0.6 is 0 Å². The SMILES string of the molecule is CNC(=O)c1ccc(N2CCN(Cc3ccc(NC)c(NC)c3)CC2)cn1. The Kier molecular flexibility index (Phi) is 6.13. The quantitative estimate of drug-likeness (QED) is 0.723. The molecule has 0 unspecified atom stereocenters. The summed E-state index contributed by atoms with van der Waals surface area (Å²) in [4.78, 5) is 20.7. The lowest BCUT2D eigenvalue weighted by Crippen LogP contribution is -2.46. The van der Waals surface area contributed by atoms with Gasteiger partial charge in [-0.2, -0.15) is 0 Å². The van der Waals surface area contributed by atoms with Crippen molar-refractivity contribution in [3.8, 4) is 0 Å². The first-order valence-electron chi connectivity index (χ1n) is 9.28. The number of amides is 1. The molecule has 0 aliphatic carbocycles. The summed E-state index contributed by atoms with van der Waals surface area (Å²) in [5, 5.41) is 9.04. The summed E-state index contributed by atoms with van der Waals surface area (Å²) in [6.45, 7) is 4.85. The minimum atomic E-state index is -0.156. The van der Waals surface area contributed by atoms with Gasteiger partial charge in [-0.3, -0.25) is 9.69 Å². The Morgan fingerprint density at radius 1 is 1.00 bits per heavy atom. The van der Waals surface area contributed by atoms with Gasteiger partial charge in [0.2, 0.25) is 0 Å². The van der Waals surface area contributed by atoms with Crippen molar-refractivity contribution in [3.63, 3.8) is 0 Å². The molecule has 0 spiro atoms. The third kappa shape index (κ3) is 4.49. The maximum atomic E-state index is 11.6. The van der Waals surface area contributed by atoms with Crippen LogP contribution in [0.3, 0.4) is 0 Å². The molecule has 1 amide bonds. The Labute approximate surface area is 160 Å². The van der Waals surface area contributed by atoms with E-state index in [2.05, 4.69) is 48.9 Å². The van der Waals surface area contributed by atoms with Gasteiger partial charge in [0.1, 0.15) is 5.69 Å². The number of anilines is 3. The van der Waals surface area contributed by atoms with E-state index in [4.69, 9.17) is 0 Å². The lowest BCUT2D eigenvalue weighted by Gasteiger charge is -2.36. The molecule has 2 heterocycles. The predicted molar refractivity (Wildman–Crippen MR) is 111 cm³/mol. The van der Waals surface area contributed by atoms with Crippen molar-refractivity contribution in [2.24, 2.45) is 0 Å². The van der Waals surface area contributed by atoms with Crippen molar-refractivity contribution in [3.05, 3.63) is 47.8 Å². The lowest BCUT2D eigenvalue weighted by molar-refractivity contribution is 0.0958. The molecule has 1 fully saturated rings. The highest BCUT2D eigenvalue weighted by molar-refractivity contribution is 5.92. The third-order valence-electron chi connectivity index (χ3n) is 4.97. The van der Waals surface area contributed by atoms with E-state index >= 15 is 0 Å². The van der Waals surface area contributed by atoms with Crippen molar-refractivity contribution in [1.29, 1.82) is 0 Å². The average molecular weight is 368 g/mol. The Balaban J connectivity index is 1.56. The maximum Gasteiger partial charge on any atom is 0.269 e. The standard InChI is InChI=1S/C20H28N6O/c1-21-17-6-4-15(12-19(17)22-2)14-25-8-10-26(11-9-25)16-5-7-18(24-13-16)20(27)23-3/h4-7,12-13,21-22H,8-11,14H2,1-3H3,(H,23,27). The van der Waals surface area contributed by atoms with Crippen LogP contribution in [0.25, 0.3) is 0 Å². The molecular weight excluding hydrogens is 340 g/mol. The summed E-state index contributed by atoms with van der Waals surface area (Å²) in [6, 6.07) is 10.3. The highest BCUT2D eigenvalue weighted by Gasteiger charge is 2.18. The fourth-order valence-electron chi connectivity index (χ4n) is 3.37. The summed E-state index contributed by atoms with van der Waals surface area (Å²) < 4.78 is 0. The van der Waals surface area contributed by atoms with Crippen LogP contribution in [0.2, 0.25) is 0 Å². The van der Waals surface area contributed by atoms with E-state index in [9.17, 15) is 4.79 Å². The van der Waals surface area contributed by atoms with Crippen LogP contribution in [-0.2, 0) is 6.54 Å². The second-order valence-electron chi connectivity index (χ2n) is 6.62. The van der Waals surface area contributed by atoms with Gasteiger partial charge in [0, 0.05) is 53.9 Å². The van der Waals surface area contributed by atoms with E-state index < -0.39 is 0 Å². The molecule has 144 valence electrons. The fourth-order valence-corrected chi connectivity index (χ4v) is 3.37. The molecule has 27 heavy (non-hydrogen) atoms. The Hall–Kier alpha value is -2.80. The molecule has 1 aromatic carbocycles. The van der Waals surface area contributed by atoms with Gasteiger partial charge in [0.05, 0.1) is 23.3 Å². The highest BCUT2D eigenvalue weighted by atomic mass is 16.1. The second-order valence-corrected chi connectivity index (χ2v) is 6.62. The highest BCUT2D eigenvalue weighted by Crippen LogP contribution is 2.23. The minimum absolute atomic E-state index is 0.156. The number of carbonyl (C=O) groups excluding carboxylic acids is 1. The number of hydrogen-bond donors (Lipinski definition) is 3. The van der Waals surface area contributed by atoms with Crippen LogP contribution in [0.4, 0.5) is 17.1 Å². The minimum Gasteiger partial charge on any atom is -0.386 e. The van der Waals surface area contributed by atoms with E-state index in [-0.39, 0.29) is 5.91 Å². The van der Waals surface area contributed by atoms with Gasteiger partial charge in [0.15, 0.2) is 0 Å². The maximum absolute atomic E-state index is 11.6. The van der Waals surface area contributed by atoms with E-state index in [1.165, 1.54) is 5.56 Å². The molecule has 3 N–H and O–H groups in total. The molecule has 7 heteroatoms. The van der Waals surface area contributed by atoms with Gasteiger partial charge in [-0.1, -0.05) is 6.07 Å². The van der Waals surface area contributed by atoms with Gasteiger partial charge >= 0.3 is 0 Å². The van der Waals surface area contributed by atoms with Crippen LogP contribution in [-0.4, -0.2) is 63.1 Å². The van der Waals surface area contributed by atoms with Gasteiger partial charge in [-0.25, -0.2) is 4.98 Å². The molecule has 2 aromatic rings. The number of piperazine rings is 1. The zero-order chi connectivity index (χ0) is 19.2. The summed E-state index contributed by atoms with van der Waals surface area (Å²) in [5.41, 5.74) is 5.06. The first kappa shape index (κ1) is 19.0. The molecule has 1 aliphatic rings. The topological polar surface area (TPSA) is 72.5 Å². The zero-order valence-corrected chi connectivity index (χ0v) is 16.2. The normalized spacial score (nSPS) is 14.7. The number of nitrogens with zero attached hydrogens (tertiary/aromatic N) is 3. The molecule has 1 aromatic heterocycles. The molecule has 0 radical (unpaired) electrons. The van der Waals surface area contributed by atoms with E-state index in [1.807, 2.05) is 20.2 Å². The van der Waals surface area contributed by atoms with Crippen molar-refractivity contribution < 1.29 is 4.79 Å². The first-order chi connectivity index (χ1) is 13.1. The number of pyridine rings is 1. The lowest BCUT2D eigenvalue weighted by atomic mass is 10.1. The van der Waals surface area contributed by atoms with Crippen LogP contribution in [0.15, 0.2) is 36.5 Å². The molecular formula is C20H28N6O. The largest absolute Gasteiger partial charge is 0.386 e. The molecule has 0 bridgehead atoms. The third-order valence-corrected chi connectivity index (χ3v) is 4.97. The number of benzene rings is 1. The number of nitrogens with one attached hydrogen (secondary N) is 3. The average Bonchev–Trinajstić information content (AvgIpc) is 2.73. The first-order valence-corrected chi connectivity index (χ1v) is 9.28. The molecule has 0 atom stereocenters. The van der Waals surface area contributed by atoms with Crippen LogP contribution in [0, 0.1) is 0 Å². The van der Waals surface area contributed by atoms with Gasteiger partial charge < -0.3 is 20.9 Å². The summed E-state index contributed by atoms with van der Waals surface area (Å²) in [5.74, 6) is -0.156. The molecule has 1 aliphatic heterocycles. The second kappa shape index (κ2) is 8.73. The number of hydrogen-bond acceptors (Lipinski definition) is 6. The molecule has 7 nitrogen and oxygen atoms in total. The molecule has 0 saturated carbocycles. The Morgan fingerprint density at radius 3 is 2.33 bits per heavy atom. The van der Waals surface area contributed by atoms with Crippen LogP contribution < -0.4 is 20.9 Å². The van der Waals surface area contributed by atoms with Crippen molar-refractivity contribution in [2.75, 3.05) is 62.9 Å². The van der Waals surface area contributed by atoms with E-state index in [0.29, 0.717) is 5.69 Å².